The van der Waals surface area contributed by atoms with E-state index in [0.29, 0.717) is 5.56 Å². The van der Waals surface area contributed by atoms with Gasteiger partial charge in [-0.1, -0.05) is 19.1 Å². The number of halogens is 1. The second kappa shape index (κ2) is 5.13. The zero-order valence-corrected chi connectivity index (χ0v) is 10.5. The largest absolute Gasteiger partial charge is 0.481 e. The smallest absolute Gasteiger partial charge is 0.308 e. The molecule has 0 spiro atoms. The van der Waals surface area contributed by atoms with Crippen LogP contribution in [0.3, 0.4) is 0 Å². The number of aliphatic carboxylic acids is 1. The van der Waals surface area contributed by atoms with Crippen molar-refractivity contribution in [3.05, 3.63) is 29.6 Å². The van der Waals surface area contributed by atoms with Gasteiger partial charge >= 0.3 is 5.97 Å². The van der Waals surface area contributed by atoms with Gasteiger partial charge in [-0.15, -0.1) is 5.10 Å². The Morgan fingerprint density at radius 1 is 1.53 bits per heavy atom. The number of carboxylic acids is 1. The van der Waals surface area contributed by atoms with Gasteiger partial charge in [-0.2, -0.15) is 0 Å². The van der Waals surface area contributed by atoms with Crippen LogP contribution in [0.25, 0.3) is 11.4 Å². The van der Waals surface area contributed by atoms with Crippen LogP contribution in [0.2, 0.25) is 0 Å². The van der Waals surface area contributed by atoms with Gasteiger partial charge in [-0.25, -0.2) is 9.07 Å². The van der Waals surface area contributed by atoms with Gasteiger partial charge in [0.15, 0.2) is 5.82 Å². The molecule has 0 saturated heterocycles. The standard InChI is InChI=1S/C12H13FN4O2/c1-7-4-3-5-9(10(7)13)11-14-15-16-17(11)6-8(2)12(18)19/h3-5,8H,6H2,1-2H3,(H,18,19). The predicted molar refractivity (Wildman–Crippen MR) is 64.7 cm³/mol. The Morgan fingerprint density at radius 2 is 2.26 bits per heavy atom. The van der Waals surface area contributed by atoms with E-state index in [2.05, 4.69) is 15.5 Å². The van der Waals surface area contributed by atoms with E-state index in [4.69, 9.17) is 5.11 Å². The van der Waals surface area contributed by atoms with Gasteiger partial charge in [0.25, 0.3) is 0 Å². The molecule has 0 aliphatic heterocycles. The van der Waals surface area contributed by atoms with Gasteiger partial charge in [-0.05, 0) is 29.0 Å². The summed E-state index contributed by atoms with van der Waals surface area (Å²) in [6.45, 7) is 3.28. The van der Waals surface area contributed by atoms with Crippen molar-refractivity contribution < 1.29 is 14.3 Å². The number of benzene rings is 1. The summed E-state index contributed by atoms with van der Waals surface area (Å²) in [7, 11) is 0. The number of hydrogen-bond donors (Lipinski definition) is 1. The van der Waals surface area contributed by atoms with Crippen LogP contribution in [0.4, 0.5) is 4.39 Å². The third-order valence-corrected chi connectivity index (χ3v) is 2.83. The van der Waals surface area contributed by atoms with E-state index in [1.165, 1.54) is 4.68 Å². The fourth-order valence-corrected chi connectivity index (χ4v) is 1.68. The van der Waals surface area contributed by atoms with Crippen molar-refractivity contribution in [2.75, 3.05) is 0 Å². The number of nitrogens with zero attached hydrogens (tertiary/aromatic N) is 4. The Kier molecular flexibility index (Phi) is 3.55. The van der Waals surface area contributed by atoms with Crippen LogP contribution >= 0.6 is 0 Å². The molecule has 0 radical (unpaired) electrons. The van der Waals surface area contributed by atoms with E-state index in [1.54, 1.807) is 32.0 Å². The van der Waals surface area contributed by atoms with Crippen molar-refractivity contribution >= 4 is 5.97 Å². The summed E-state index contributed by atoms with van der Waals surface area (Å²) in [5.74, 6) is -1.78. The molecule has 0 fully saturated rings. The Morgan fingerprint density at radius 3 is 2.95 bits per heavy atom. The average Bonchev–Trinajstić information content (AvgIpc) is 2.80. The molecular weight excluding hydrogens is 251 g/mol. The molecule has 1 heterocycles. The molecule has 0 aliphatic rings. The van der Waals surface area contributed by atoms with Crippen molar-refractivity contribution in [3.63, 3.8) is 0 Å². The number of rotatable bonds is 4. The van der Waals surface area contributed by atoms with Crippen LogP contribution in [-0.2, 0) is 11.3 Å². The molecule has 1 atom stereocenters. The van der Waals surface area contributed by atoms with Crippen molar-refractivity contribution in [2.24, 2.45) is 5.92 Å². The summed E-state index contributed by atoms with van der Waals surface area (Å²) < 4.78 is 15.3. The normalized spacial score (nSPS) is 12.4. The van der Waals surface area contributed by atoms with E-state index in [0.717, 1.165) is 0 Å². The molecule has 6 nitrogen and oxygen atoms in total. The Hall–Kier alpha value is -2.31. The molecule has 2 rings (SSSR count). The first kappa shape index (κ1) is 13.1. The molecule has 100 valence electrons. The lowest BCUT2D eigenvalue weighted by molar-refractivity contribution is -0.141. The number of carboxylic acid groups (broad SMARTS) is 1. The van der Waals surface area contributed by atoms with E-state index in [1.807, 2.05) is 0 Å². The highest BCUT2D eigenvalue weighted by Gasteiger charge is 2.19. The molecule has 1 unspecified atom stereocenters. The highest BCUT2D eigenvalue weighted by Crippen LogP contribution is 2.22. The van der Waals surface area contributed by atoms with E-state index in [9.17, 15) is 9.18 Å². The average molecular weight is 264 g/mol. The topological polar surface area (TPSA) is 80.9 Å². The lowest BCUT2D eigenvalue weighted by atomic mass is 10.1. The minimum Gasteiger partial charge on any atom is -0.481 e. The number of aryl methyl sites for hydroxylation is 1. The van der Waals surface area contributed by atoms with Crippen molar-refractivity contribution in [2.45, 2.75) is 20.4 Å². The third-order valence-electron chi connectivity index (χ3n) is 2.83. The third kappa shape index (κ3) is 2.59. The second-order valence-electron chi connectivity index (χ2n) is 4.36. The zero-order chi connectivity index (χ0) is 14.0. The Bertz CT molecular complexity index is 612. The molecule has 19 heavy (non-hydrogen) atoms. The van der Waals surface area contributed by atoms with Gasteiger partial charge < -0.3 is 5.11 Å². The molecule has 1 aromatic carbocycles. The molecular formula is C12H13FN4O2. The van der Waals surface area contributed by atoms with Crippen LogP contribution in [0.5, 0.6) is 0 Å². The first-order valence-corrected chi connectivity index (χ1v) is 5.75. The maximum Gasteiger partial charge on any atom is 0.308 e. The molecule has 1 aromatic heterocycles. The van der Waals surface area contributed by atoms with Gasteiger partial charge in [0.2, 0.25) is 0 Å². The molecule has 1 N–H and O–H groups in total. The number of hydrogen-bond acceptors (Lipinski definition) is 4. The van der Waals surface area contributed by atoms with E-state index in [-0.39, 0.29) is 17.9 Å². The Labute approximate surface area is 108 Å². The van der Waals surface area contributed by atoms with Crippen LogP contribution in [0, 0.1) is 18.7 Å². The lowest BCUT2D eigenvalue weighted by Crippen LogP contribution is -2.18. The molecule has 2 aromatic rings. The van der Waals surface area contributed by atoms with Gasteiger partial charge in [-0.3, -0.25) is 4.79 Å². The minimum absolute atomic E-state index is 0.0883. The fraction of sp³-hybridized carbons (Fsp3) is 0.333. The molecule has 0 saturated carbocycles. The summed E-state index contributed by atoms with van der Waals surface area (Å²) in [5, 5.41) is 19.9. The summed E-state index contributed by atoms with van der Waals surface area (Å²) in [6.07, 6.45) is 0. The van der Waals surface area contributed by atoms with Crippen molar-refractivity contribution in [1.82, 2.24) is 20.2 Å². The number of aromatic nitrogens is 4. The highest BCUT2D eigenvalue weighted by molar-refractivity contribution is 5.69. The molecule has 0 amide bonds. The van der Waals surface area contributed by atoms with Crippen LogP contribution in [0.15, 0.2) is 18.2 Å². The summed E-state index contributed by atoms with van der Waals surface area (Å²) in [6, 6.07) is 4.91. The molecule has 7 heteroatoms. The maximum atomic E-state index is 14.0. The first-order chi connectivity index (χ1) is 9.00. The van der Waals surface area contributed by atoms with Crippen LogP contribution < -0.4 is 0 Å². The zero-order valence-electron chi connectivity index (χ0n) is 10.5. The SMILES string of the molecule is Cc1cccc(-c2nnnn2CC(C)C(=O)O)c1F. The maximum absolute atomic E-state index is 14.0. The number of carbonyl (C=O) groups is 1. The van der Waals surface area contributed by atoms with E-state index < -0.39 is 17.7 Å². The summed E-state index contributed by atoms with van der Waals surface area (Å²) in [5.41, 5.74) is 0.751. The second-order valence-corrected chi connectivity index (χ2v) is 4.36. The van der Waals surface area contributed by atoms with Gasteiger partial charge in [0, 0.05) is 0 Å². The summed E-state index contributed by atoms with van der Waals surface area (Å²) in [4.78, 5) is 10.8. The highest BCUT2D eigenvalue weighted by atomic mass is 19.1. The Balaban J connectivity index is 2.39. The quantitative estimate of drug-likeness (QED) is 0.905. The van der Waals surface area contributed by atoms with Crippen molar-refractivity contribution in [1.29, 1.82) is 0 Å². The van der Waals surface area contributed by atoms with Gasteiger partial charge in [0.05, 0.1) is 18.0 Å². The van der Waals surface area contributed by atoms with Crippen LogP contribution in [-0.4, -0.2) is 31.3 Å². The summed E-state index contributed by atoms with van der Waals surface area (Å²) >= 11 is 0. The molecule has 0 bridgehead atoms. The number of tetrazole rings is 1. The van der Waals surface area contributed by atoms with Crippen LogP contribution in [0.1, 0.15) is 12.5 Å². The first-order valence-electron chi connectivity index (χ1n) is 5.75. The lowest BCUT2D eigenvalue weighted by Gasteiger charge is -2.09. The predicted octanol–water partition coefficient (Wildman–Crippen LogP) is 1.51. The minimum atomic E-state index is -0.953. The fourth-order valence-electron chi connectivity index (χ4n) is 1.68. The monoisotopic (exact) mass is 264 g/mol. The van der Waals surface area contributed by atoms with E-state index >= 15 is 0 Å². The molecule has 0 aliphatic carbocycles. The van der Waals surface area contributed by atoms with Crippen molar-refractivity contribution in [3.8, 4) is 11.4 Å². The van der Waals surface area contributed by atoms with Gasteiger partial charge in [0.1, 0.15) is 5.82 Å².